The Morgan fingerprint density at radius 3 is 3.14 bits per heavy atom. The van der Waals surface area contributed by atoms with E-state index in [1.807, 2.05) is 29.4 Å². The summed E-state index contributed by atoms with van der Waals surface area (Å²) in [7, 11) is 0. The number of hydrogen-bond donors (Lipinski definition) is 0. The topological polar surface area (TPSA) is 51.7 Å². The Hall–Kier alpha value is -1.27. The van der Waals surface area contributed by atoms with Gasteiger partial charge < -0.3 is 14.4 Å². The molecule has 0 aromatic carbocycles. The van der Waals surface area contributed by atoms with Crippen LogP contribution in [0.3, 0.4) is 0 Å². The van der Waals surface area contributed by atoms with Crippen molar-refractivity contribution in [2.75, 3.05) is 38.3 Å². The molecule has 2 aliphatic rings. The number of aromatic nitrogens is 1. The molecule has 22 heavy (non-hydrogen) atoms. The Kier molecular flexibility index (Phi) is 4.88. The third kappa shape index (κ3) is 3.22. The van der Waals surface area contributed by atoms with E-state index in [9.17, 15) is 4.79 Å². The van der Waals surface area contributed by atoms with Crippen LogP contribution in [0.1, 0.15) is 12.8 Å². The molecule has 2 saturated heterocycles. The minimum absolute atomic E-state index is 0.123. The number of thioether (sulfide) groups is 1. The van der Waals surface area contributed by atoms with Crippen LogP contribution in [-0.2, 0) is 9.53 Å². The van der Waals surface area contributed by atoms with E-state index in [-0.39, 0.29) is 11.5 Å². The molecule has 3 rings (SSSR count). The van der Waals surface area contributed by atoms with Crippen molar-refractivity contribution in [3.05, 3.63) is 24.4 Å². The zero-order valence-corrected chi connectivity index (χ0v) is 13.7. The second-order valence-electron chi connectivity index (χ2n) is 5.89. The fourth-order valence-electron chi connectivity index (χ4n) is 3.27. The Morgan fingerprint density at radius 2 is 2.41 bits per heavy atom. The van der Waals surface area contributed by atoms with Crippen molar-refractivity contribution < 1.29 is 14.3 Å². The average molecular weight is 322 g/mol. The maximum atomic E-state index is 11.9. The van der Waals surface area contributed by atoms with E-state index in [1.54, 1.807) is 18.0 Å². The maximum absolute atomic E-state index is 11.9. The molecule has 6 heteroatoms. The van der Waals surface area contributed by atoms with Crippen LogP contribution in [0.5, 0.6) is 5.88 Å². The molecule has 5 nitrogen and oxygen atoms in total. The molecule has 0 N–H and O–H groups in total. The van der Waals surface area contributed by atoms with Crippen LogP contribution in [-0.4, -0.2) is 59.7 Å². The summed E-state index contributed by atoms with van der Waals surface area (Å²) in [6.45, 7) is 2.91. The lowest BCUT2D eigenvalue weighted by Gasteiger charge is -2.50. The number of pyridine rings is 1. The van der Waals surface area contributed by atoms with Crippen LogP contribution in [0, 0.1) is 5.92 Å². The van der Waals surface area contributed by atoms with Gasteiger partial charge >= 0.3 is 0 Å². The number of likely N-dealkylation sites (tertiary alicyclic amines) is 1. The molecule has 1 unspecified atom stereocenters. The van der Waals surface area contributed by atoms with Gasteiger partial charge in [0.05, 0.1) is 25.4 Å². The van der Waals surface area contributed by atoms with Gasteiger partial charge in [-0.3, -0.25) is 4.79 Å². The summed E-state index contributed by atoms with van der Waals surface area (Å²) in [5.74, 6) is 1.91. The first kappa shape index (κ1) is 15.6. The summed E-state index contributed by atoms with van der Waals surface area (Å²) in [5.41, 5.74) is -0.123. The summed E-state index contributed by atoms with van der Waals surface area (Å²) in [5, 5.41) is 0. The van der Waals surface area contributed by atoms with Gasteiger partial charge in [0.25, 0.3) is 0 Å². The Balaban J connectivity index is 1.47. The molecular formula is C16H22N2O3S. The Morgan fingerprint density at radius 1 is 1.55 bits per heavy atom. The highest BCUT2D eigenvalue weighted by molar-refractivity contribution is 7.99. The lowest BCUT2D eigenvalue weighted by atomic mass is 9.79. The molecular weight excluding hydrogens is 300 g/mol. The van der Waals surface area contributed by atoms with E-state index in [2.05, 4.69) is 4.98 Å². The summed E-state index contributed by atoms with van der Waals surface area (Å²) in [4.78, 5) is 18.0. The Bertz CT molecular complexity index is 505. The van der Waals surface area contributed by atoms with Crippen LogP contribution < -0.4 is 4.74 Å². The first-order valence-corrected chi connectivity index (χ1v) is 9.07. The summed E-state index contributed by atoms with van der Waals surface area (Å²) in [6.07, 6.45) is 5.69. The average Bonchev–Trinajstić information content (AvgIpc) is 2.91. The monoisotopic (exact) mass is 322 g/mol. The standard InChI is InChI=1S/C16H22N2O3S/c1-22-10-15(19)18-11-16(12-18)13(6-9-21-16)5-8-20-14-4-2-3-7-17-14/h2-4,7,13H,5-6,8-12H2,1H3. The molecule has 1 aromatic heterocycles. The highest BCUT2D eigenvalue weighted by Gasteiger charge is 2.53. The minimum Gasteiger partial charge on any atom is -0.478 e. The molecule has 1 atom stereocenters. The van der Waals surface area contributed by atoms with Crippen LogP contribution in [0.4, 0.5) is 0 Å². The van der Waals surface area contributed by atoms with Gasteiger partial charge in [0.1, 0.15) is 5.60 Å². The van der Waals surface area contributed by atoms with Crippen molar-refractivity contribution in [2.24, 2.45) is 5.92 Å². The quantitative estimate of drug-likeness (QED) is 0.800. The third-order valence-corrected chi connectivity index (χ3v) is 5.03. The number of nitrogens with zero attached hydrogens (tertiary/aromatic N) is 2. The largest absolute Gasteiger partial charge is 0.478 e. The van der Waals surface area contributed by atoms with E-state index < -0.39 is 0 Å². The van der Waals surface area contributed by atoms with Gasteiger partial charge in [-0.05, 0) is 31.1 Å². The highest BCUT2D eigenvalue weighted by Crippen LogP contribution is 2.41. The molecule has 1 aromatic rings. The van der Waals surface area contributed by atoms with Crippen molar-refractivity contribution in [2.45, 2.75) is 18.4 Å². The van der Waals surface area contributed by atoms with Gasteiger partial charge in [0, 0.05) is 18.9 Å². The van der Waals surface area contributed by atoms with Crippen LogP contribution >= 0.6 is 11.8 Å². The fraction of sp³-hybridized carbons (Fsp3) is 0.625. The van der Waals surface area contributed by atoms with Gasteiger partial charge in [0.2, 0.25) is 11.8 Å². The molecule has 1 amide bonds. The van der Waals surface area contributed by atoms with Gasteiger partial charge in [-0.1, -0.05) is 6.07 Å². The molecule has 0 bridgehead atoms. The van der Waals surface area contributed by atoms with E-state index in [4.69, 9.17) is 9.47 Å². The van der Waals surface area contributed by atoms with E-state index >= 15 is 0 Å². The second kappa shape index (κ2) is 6.87. The fourth-order valence-corrected chi connectivity index (χ4v) is 3.70. The van der Waals surface area contributed by atoms with Crippen LogP contribution in [0.15, 0.2) is 24.4 Å². The molecule has 0 saturated carbocycles. The SMILES string of the molecule is CSCC(=O)N1CC2(C1)OCCC2CCOc1ccccn1. The van der Waals surface area contributed by atoms with E-state index in [0.717, 1.165) is 32.5 Å². The normalized spacial score (nSPS) is 22.6. The van der Waals surface area contributed by atoms with Gasteiger partial charge in [-0.25, -0.2) is 4.98 Å². The number of hydrogen-bond acceptors (Lipinski definition) is 5. The lowest BCUT2D eigenvalue weighted by Crippen LogP contribution is -2.66. The zero-order valence-electron chi connectivity index (χ0n) is 12.9. The molecule has 3 heterocycles. The van der Waals surface area contributed by atoms with Crippen LogP contribution in [0.2, 0.25) is 0 Å². The maximum Gasteiger partial charge on any atom is 0.232 e. The number of rotatable bonds is 6. The van der Waals surface area contributed by atoms with Crippen molar-refractivity contribution in [3.63, 3.8) is 0 Å². The first-order valence-electron chi connectivity index (χ1n) is 7.68. The third-order valence-electron chi connectivity index (χ3n) is 4.49. The lowest BCUT2D eigenvalue weighted by molar-refractivity contribution is -0.163. The summed E-state index contributed by atoms with van der Waals surface area (Å²) >= 11 is 1.57. The van der Waals surface area contributed by atoms with Gasteiger partial charge in [-0.2, -0.15) is 11.8 Å². The first-order chi connectivity index (χ1) is 10.7. The van der Waals surface area contributed by atoms with Gasteiger partial charge in [-0.15, -0.1) is 0 Å². The molecule has 0 aliphatic carbocycles. The number of carbonyl (C=O) groups excluding carboxylic acids is 1. The van der Waals surface area contributed by atoms with E-state index in [0.29, 0.717) is 24.2 Å². The minimum atomic E-state index is -0.123. The van der Waals surface area contributed by atoms with Crippen molar-refractivity contribution in [1.29, 1.82) is 0 Å². The predicted octanol–water partition coefficient (Wildman–Crippen LogP) is 1.83. The smallest absolute Gasteiger partial charge is 0.232 e. The van der Waals surface area contributed by atoms with Crippen LogP contribution in [0.25, 0.3) is 0 Å². The second-order valence-corrected chi connectivity index (χ2v) is 6.75. The van der Waals surface area contributed by atoms with Crippen molar-refractivity contribution in [3.8, 4) is 5.88 Å². The van der Waals surface area contributed by atoms with E-state index in [1.165, 1.54) is 0 Å². The molecule has 2 fully saturated rings. The molecule has 2 aliphatic heterocycles. The van der Waals surface area contributed by atoms with Crippen molar-refractivity contribution in [1.82, 2.24) is 9.88 Å². The number of amides is 1. The highest BCUT2D eigenvalue weighted by atomic mass is 32.2. The predicted molar refractivity (Wildman–Crippen MR) is 86.1 cm³/mol. The number of ether oxygens (including phenoxy) is 2. The Labute approximate surface area is 135 Å². The molecule has 120 valence electrons. The molecule has 1 spiro atoms. The zero-order chi connectivity index (χ0) is 15.4. The summed E-state index contributed by atoms with van der Waals surface area (Å²) in [6, 6.07) is 5.66. The van der Waals surface area contributed by atoms with Gasteiger partial charge in [0.15, 0.2) is 0 Å². The van der Waals surface area contributed by atoms with Crippen molar-refractivity contribution >= 4 is 17.7 Å². The number of carbonyl (C=O) groups is 1. The molecule has 0 radical (unpaired) electrons. The summed E-state index contributed by atoms with van der Waals surface area (Å²) < 4.78 is 11.7.